The van der Waals surface area contributed by atoms with E-state index in [9.17, 15) is 0 Å². The zero-order valence-electron chi connectivity index (χ0n) is 16.4. The summed E-state index contributed by atoms with van der Waals surface area (Å²) in [5.74, 6) is 1.90. The van der Waals surface area contributed by atoms with Gasteiger partial charge >= 0.3 is 0 Å². The molecule has 5 nitrogen and oxygen atoms in total. The molecule has 28 heavy (non-hydrogen) atoms. The number of hydrogen-bond donors (Lipinski definition) is 2. The van der Waals surface area contributed by atoms with Gasteiger partial charge in [0.25, 0.3) is 0 Å². The molecule has 2 aliphatic rings. The first-order valence-electron chi connectivity index (χ1n) is 10.1. The van der Waals surface area contributed by atoms with Crippen LogP contribution in [-0.2, 0) is 12.0 Å². The van der Waals surface area contributed by atoms with Gasteiger partial charge in [-0.1, -0.05) is 29.8 Å². The second-order valence-electron chi connectivity index (χ2n) is 7.79. The number of nitrogens with one attached hydrogen (secondary N) is 2. The molecule has 0 radical (unpaired) electrons. The van der Waals surface area contributed by atoms with E-state index in [2.05, 4.69) is 49.8 Å². The Morgan fingerprint density at radius 1 is 1.18 bits per heavy atom. The zero-order valence-corrected chi connectivity index (χ0v) is 17.2. The number of halogens is 1. The lowest BCUT2D eigenvalue weighted by molar-refractivity contribution is 0.645. The van der Waals surface area contributed by atoms with Crippen molar-refractivity contribution >= 4 is 23.4 Å². The number of nitrogens with zero attached hydrogens (tertiary/aromatic N) is 3. The molecule has 0 amide bonds. The van der Waals surface area contributed by atoms with Gasteiger partial charge in [0.1, 0.15) is 5.82 Å². The molecule has 1 saturated carbocycles. The van der Waals surface area contributed by atoms with E-state index in [1.54, 1.807) is 0 Å². The van der Waals surface area contributed by atoms with Crippen molar-refractivity contribution in [2.24, 2.45) is 4.99 Å². The predicted octanol–water partition coefficient (Wildman–Crippen LogP) is 3.73. The Morgan fingerprint density at radius 3 is 2.64 bits per heavy atom. The normalized spacial score (nSPS) is 18.2. The molecule has 2 aromatic rings. The first-order valence-corrected chi connectivity index (χ1v) is 10.5. The summed E-state index contributed by atoms with van der Waals surface area (Å²) in [5, 5.41) is 7.68. The van der Waals surface area contributed by atoms with Crippen LogP contribution < -0.4 is 15.5 Å². The third-order valence-electron chi connectivity index (χ3n) is 5.81. The van der Waals surface area contributed by atoms with Crippen molar-refractivity contribution in [3.05, 3.63) is 58.7 Å². The minimum Gasteiger partial charge on any atom is -0.357 e. The number of benzene rings is 1. The van der Waals surface area contributed by atoms with Crippen LogP contribution in [0.1, 0.15) is 36.8 Å². The third kappa shape index (κ3) is 4.41. The summed E-state index contributed by atoms with van der Waals surface area (Å²) < 4.78 is 0. The summed E-state index contributed by atoms with van der Waals surface area (Å²) in [7, 11) is 1.81. The highest BCUT2D eigenvalue weighted by Crippen LogP contribution is 2.48. The van der Waals surface area contributed by atoms with Crippen LogP contribution in [0, 0.1) is 0 Å². The second-order valence-corrected chi connectivity index (χ2v) is 8.23. The maximum absolute atomic E-state index is 6.17. The van der Waals surface area contributed by atoms with Crippen molar-refractivity contribution in [3.63, 3.8) is 0 Å². The van der Waals surface area contributed by atoms with Crippen molar-refractivity contribution in [2.75, 3.05) is 31.6 Å². The van der Waals surface area contributed by atoms with E-state index < -0.39 is 0 Å². The van der Waals surface area contributed by atoms with Gasteiger partial charge in [0.15, 0.2) is 5.96 Å². The Hall–Kier alpha value is -2.27. The van der Waals surface area contributed by atoms with Crippen molar-refractivity contribution in [1.82, 2.24) is 15.6 Å². The summed E-state index contributed by atoms with van der Waals surface area (Å²) in [6.07, 6.45) is 6.86. The lowest BCUT2D eigenvalue weighted by Gasteiger charge is -2.19. The quantitative estimate of drug-likeness (QED) is 0.576. The van der Waals surface area contributed by atoms with Gasteiger partial charge in [-0.2, -0.15) is 0 Å². The van der Waals surface area contributed by atoms with Gasteiger partial charge < -0.3 is 15.5 Å². The predicted molar refractivity (Wildman–Crippen MR) is 116 cm³/mol. The van der Waals surface area contributed by atoms with E-state index in [4.69, 9.17) is 11.6 Å². The number of aliphatic imine (C=N–C) groups is 1. The Kier molecular flexibility index (Phi) is 5.72. The highest BCUT2D eigenvalue weighted by atomic mass is 35.5. The number of rotatable bonds is 6. The molecule has 148 valence electrons. The van der Waals surface area contributed by atoms with Crippen molar-refractivity contribution in [3.8, 4) is 0 Å². The lowest BCUT2D eigenvalue weighted by atomic mass is 9.96. The second kappa shape index (κ2) is 8.39. The topological polar surface area (TPSA) is 52.6 Å². The van der Waals surface area contributed by atoms with Crippen LogP contribution >= 0.6 is 11.6 Å². The summed E-state index contributed by atoms with van der Waals surface area (Å²) >= 11 is 6.17. The average Bonchev–Trinajstić information content (AvgIpc) is 3.32. The van der Waals surface area contributed by atoms with Gasteiger partial charge in [-0.3, -0.25) is 4.99 Å². The maximum Gasteiger partial charge on any atom is 0.191 e. The molecule has 0 spiro atoms. The molecule has 6 heteroatoms. The molecule has 0 atom stereocenters. The summed E-state index contributed by atoms with van der Waals surface area (Å²) in [6, 6.07) is 12.5. The molecule has 2 N–H and O–H groups in total. The first-order chi connectivity index (χ1) is 13.7. The molecule has 0 unspecified atom stereocenters. The van der Waals surface area contributed by atoms with Crippen LogP contribution in [0.2, 0.25) is 5.02 Å². The Balaban J connectivity index is 1.29. The average molecular weight is 398 g/mol. The number of aromatic nitrogens is 1. The lowest BCUT2D eigenvalue weighted by Crippen LogP contribution is -2.40. The highest BCUT2D eigenvalue weighted by Gasteiger charge is 2.44. The SMILES string of the molecule is CN=C(NCc1ccc(N2CCCC2)nc1)NCC1(c2cccc(Cl)c2)CC1. The van der Waals surface area contributed by atoms with Gasteiger partial charge in [0.05, 0.1) is 0 Å². The summed E-state index contributed by atoms with van der Waals surface area (Å²) in [6.45, 7) is 3.81. The molecular weight excluding hydrogens is 370 g/mol. The van der Waals surface area contributed by atoms with E-state index in [0.29, 0.717) is 6.54 Å². The van der Waals surface area contributed by atoms with Crippen LogP contribution in [-0.4, -0.2) is 37.6 Å². The summed E-state index contributed by atoms with van der Waals surface area (Å²) in [5.41, 5.74) is 2.65. The molecule has 0 bridgehead atoms. The van der Waals surface area contributed by atoms with E-state index in [1.165, 1.54) is 31.2 Å². The van der Waals surface area contributed by atoms with Gasteiger partial charge in [-0.15, -0.1) is 0 Å². The largest absolute Gasteiger partial charge is 0.357 e. The van der Waals surface area contributed by atoms with Crippen molar-refractivity contribution in [2.45, 2.75) is 37.6 Å². The monoisotopic (exact) mass is 397 g/mol. The van der Waals surface area contributed by atoms with Crippen LogP contribution in [0.3, 0.4) is 0 Å². The first kappa shape index (κ1) is 19.1. The van der Waals surface area contributed by atoms with E-state index in [-0.39, 0.29) is 5.41 Å². The third-order valence-corrected chi connectivity index (χ3v) is 6.04. The molecule has 1 saturated heterocycles. The number of anilines is 1. The van der Waals surface area contributed by atoms with Gasteiger partial charge in [-0.25, -0.2) is 4.98 Å². The highest BCUT2D eigenvalue weighted by molar-refractivity contribution is 6.30. The Morgan fingerprint density at radius 2 is 2.00 bits per heavy atom. The molecular formula is C22H28ClN5. The molecule has 4 rings (SSSR count). The van der Waals surface area contributed by atoms with Crippen LogP contribution in [0.4, 0.5) is 5.82 Å². The van der Waals surface area contributed by atoms with Crippen LogP contribution in [0.15, 0.2) is 47.6 Å². The molecule has 1 aliphatic heterocycles. The molecule has 1 aromatic heterocycles. The van der Waals surface area contributed by atoms with Crippen molar-refractivity contribution in [1.29, 1.82) is 0 Å². The van der Waals surface area contributed by atoms with Gasteiger partial charge in [0.2, 0.25) is 0 Å². The van der Waals surface area contributed by atoms with E-state index >= 15 is 0 Å². The Bertz CT molecular complexity index is 823. The van der Waals surface area contributed by atoms with Gasteiger partial charge in [0, 0.05) is 49.9 Å². The molecule has 2 heterocycles. The number of pyridine rings is 1. The minimum absolute atomic E-state index is 0.182. The number of guanidine groups is 1. The fourth-order valence-electron chi connectivity index (χ4n) is 3.85. The number of hydrogen-bond acceptors (Lipinski definition) is 3. The fraction of sp³-hybridized carbons (Fsp3) is 0.455. The Labute approximate surface area is 172 Å². The van der Waals surface area contributed by atoms with Crippen LogP contribution in [0.5, 0.6) is 0 Å². The van der Waals surface area contributed by atoms with Crippen molar-refractivity contribution < 1.29 is 0 Å². The van der Waals surface area contributed by atoms with E-state index in [1.807, 2.05) is 25.4 Å². The molecule has 1 aliphatic carbocycles. The molecule has 1 aromatic carbocycles. The fourth-order valence-corrected chi connectivity index (χ4v) is 4.04. The standard InChI is InChI=1S/C22H28ClN5/c1-24-21(27-16-22(9-10-22)18-5-4-6-19(23)13-18)26-15-17-7-8-20(25-14-17)28-11-2-3-12-28/h4-8,13-14H,2-3,9-12,15-16H2,1H3,(H2,24,26,27). The van der Waals surface area contributed by atoms with E-state index in [0.717, 1.165) is 42.0 Å². The summed E-state index contributed by atoms with van der Waals surface area (Å²) in [4.78, 5) is 11.3. The molecule has 2 fully saturated rings. The van der Waals surface area contributed by atoms with Crippen LogP contribution in [0.25, 0.3) is 0 Å². The smallest absolute Gasteiger partial charge is 0.191 e. The maximum atomic E-state index is 6.17. The zero-order chi connectivity index (χ0) is 19.4. The van der Waals surface area contributed by atoms with Gasteiger partial charge in [-0.05, 0) is 55.0 Å². The minimum atomic E-state index is 0.182.